The monoisotopic (exact) mass is 400 g/mol. The number of aromatic nitrogens is 2. The summed E-state index contributed by atoms with van der Waals surface area (Å²) in [5.74, 6) is -2.26. The van der Waals surface area contributed by atoms with E-state index in [1.165, 1.54) is 20.4 Å². The van der Waals surface area contributed by atoms with Gasteiger partial charge in [0, 0.05) is 5.56 Å². The standard InChI is InChI=1S/C19H16N2O6S/c1-10-14-17(28-16(10)19(25)26)20-9-21(18(14)24)12(8-13(22)27-2)15(23)11-6-4-3-5-7-11/h3-7,9,12H,8H2,1-2H3,(H,25,26). The number of nitrogens with zero attached hydrogens (tertiary/aromatic N) is 2. The number of hydrogen-bond acceptors (Lipinski definition) is 7. The van der Waals surface area contributed by atoms with Gasteiger partial charge in [-0.2, -0.15) is 0 Å². The first-order chi connectivity index (χ1) is 13.3. The molecule has 0 bridgehead atoms. The molecule has 0 aliphatic rings. The number of Topliss-reactive ketones (excluding diaryl/α,β-unsaturated/α-hetero) is 1. The van der Waals surface area contributed by atoms with Crippen LogP contribution in [0.15, 0.2) is 41.5 Å². The Kier molecular flexibility index (Phi) is 5.36. The lowest BCUT2D eigenvalue weighted by Gasteiger charge is -2.17. The smallest absolute Gasteiger partial charge is 0.346 e. The van der Waals surface area contributed by atoms with Gasteiger partial charge in [-0.05, 0) is 12.5 Å². The highest BCUT2D eigenvalue weighted by atomic mass is 32.1. The third-order valence-electron chi connectivity index (χ3n) is 4.35. The fourth-order valence-corrected chi connectivity index (χ4v) is 3.89. The van der Waals surface area contributed by atoms with Gasteiger partial charge >= 0.3 is 11.9 Å². The minimum atomic E-state index is -1.16. The summed E-state index contributed by atoms with van der Waals surface area (Å²) in [6, 6.07) is 7.11. The molecule has 0 spiro atoms. The molecule has 28 heavy (non-hydrogen) atoms. The van der Waals surface area contributed by atoms with Crippen molar-refractivity contribution in [3.63, 3.8) is 0 Å². The average molecular weight is 400 g/mol. The summed E-state index contributed by atoms with van der Waals surface area (Å²) in [6.45, 7) is 1.52. The van der Waals surface area contributed by atoms with E-state index in [0.717, 1.165) is 15.9 Å². The summed E-state index contributed by atoms with van der Waals surface area (Å²) in [4.78, 5) is 53.7. The maximum Gasteiger partial charge on any atom is 0.346 e. The molecule has 3 aromatic rings. The predicted octanol–water partition coefficient (Wildman–Crippen LogP) is 2.45. The van der Waals surface area contributed by atoms with Gasteiger partial charge in [0.15, 0.2) is 5.78 Å². The topological polar surface area (TPSA) is 116 Å². The Balaban J connectivity index is 2.18. The first kappa shape index (κ1) is 19.4. The van der Waals surface area contributed by atoms with E-state index in [1.807, 2.05) is 0 Å². The third kappa shape index (κ3) is 3.44. The van der Waals surface area contributed by atoms with E-state index in [4.69, 9.17) is 0 Å². The number of carbonyl (C=O) groups excluding carboxylic acids is 2. The van der Waals surface area contributed by atoms with Gasteiger partial charge in [-0.1, -0.05) is 30.3 Å². The molecule has 0 saturated carbocycles. The van der Waals surface area contributed by atoms with Gasteiger partial charge in [0.25, 0.3) is 5.56 Å². The van der Waals surface area contributed by atoms with E-state index in [2.05, 4.69) is 9.72 Å². The molecule has 9 heteroatoms. The number of rotatable bonds is 6. The van der Waals surface area contributed by atoms with Gasteiger partial charge in [-0.15, -0.1) is 11.3 Å². The SMILES string of the molecule is COC(=O)CC(C(=O)c1ccccc1)n1cnc2sc(C(=O)O)c(C)c2c1=O. The maximum atomic E-state index is 13.1. The number of ether oxygens (including phenoxy) is 1. The van der Waals surface area contributed by atoms with Crippen molar-refractivity contribution < 1.29 is 24.2 Å². The number of carboxylic acids is 1. The van der Waals surface area contributed by atoms with E-state index >= 15 is 0 Å². The number of aromatic carboxylic acids is 1. The molecule has 0 saturated heterocycles. The van der Waals surface area contributed by atoms with Gasteiger partial charge in [0.1, 0.15) is 15.7 Å². The molecule has 8 nitrogen and oxygen atoms in total. The second-order valence-corrected chi connectivity index (χ2v) is 7.02. The van der Waals surface area contributed by atoms with Crippen molar-refractivity contribution in [3.8, 4) is 0 Å². The van der Waals surface area contributed by atoms with Crippen LogP contribution in [0.2, 0.25) is 0 Å². The molecule has 3 rings (SSSR count). The second-order valence-electron chi connectivity index (χ2n) is 6.02. The van der Waals surface area contributed by atoms with Crippen LogP contribution in [0.4, 0.5) is 0 Å². The van der Waals surface area contributed by atoms with Crippen LogP contribution in [0.25, 0.3) is 10.2 Å². The van der Waals surface area contributed by atoms with Gasteiger partial charge in [-0.3, -0.25) is 19.0 Å². The van der Waals surface area contributed by atoms with Crippen molar-refractivity contribution in [2.24, 2.45) is 0 Å². The predicted molar refractivity (Wildman–Crippen MR) is 102 cm³/mol. The van der Waals surface area contributed by atoms with E-state index in [1.54, 1.807) is 30.3 Å². The van der Waals surface area contributed by atoms with Crippen molar-refractivity contribution in [3.05, 3.63) is 63.0 Å². The summed E-state index contributed by atoms with van der Waals surface area (Å²) in [5.41, 5.74) is 0.0319. The number of fused-ring (bicyclic) bond motifs is 1. The highest BCUT2D eigenvalue weighted by Crippen LogP contribution is 2.27. The maximum absolute atomic E-state index is 13.1. The summed E-state index contributed by atoms with van der Waals surface area (Å²) in [6.07, 6.45) is 0.812. The van der Waals surface area contributed by atoms with Crippen molar-refractivity contribution in [1.82, 2.24) is 9.55 Å². The Morgan fingerprint density at radius 1 is 1.25 bits per heavy atom. The minimum absolute atomic E-state index is 0.0104. The number of hydrogen-bond donors (Lipinski definition) is 1. The molecule has 1 N–H and O–H groups in total. The van der Waals surface area contributed by atoms with Crippen LogP contribution in [0.1, 0.15) is 38.1 Å². The van der Waals surface area contributed by atoms with E-state index < -0.39 is 29.3 Å². The molecule has 1 unspecified atom stereocenters. The van der Waals surface area contributed by atoms with E-state index in [-0.39, 0.29) is 27.1 Å². The second kappa shape index (κ2) is 7.73. The van der Waals surface area contributed by atoms with E-state index in [0.29, 0.717) is 5.56 Å². The van der Waals surface area contributed by atoms with Crippen molar-refractivity contribution in [2.45, 2.75) is 19.4 Å². The zero-order valence-electron chi connectivity index (χ0n) is 15.0. The fraction of sp³-hybridized carbons (Fsp3) is 0.211. The number of thiophene rings is 1. The first-order valence-corrected chi connectivity index (χ1v) is 9.06. The Labute approximate surface area is 163 Å². The lowest BCUT2D eigenvalue weighted by molar-refractivity contribution is -0.141. The molecular weight excluding hydrogens is 384 g/mol. The Hall–Kier alpha value is -3.33. The quantitative estimate of drug-likeness (QED) is 0.499. The van der Waals surface area contributed by atoms with Crippen LogP contribution in [0.5, 0.6) is 0 Å². The Morgan fingerprint density at radius 3 is 2.54 bits per heavy atom. The highest BCUT2D eigenvalue weighted by molar-refractivity contribution is 7.20. The fourth-order valence-electron chi connectivity index (χ4n) is 2.92. The molecule has 0 aliphatic carbocycles. The highest BCUT2D eigenvalue weighted by Gasteiger charge is 2.28. The minimum Gasteiger partial charge on any atom is -0.477 e. The molecule has 0 radical (unpaired) electrons. The molecule has 2 aromatic heterocycles. The van der Waals surface area contributed by atoms with Crippen LogP contribution in [0.3, 0.4) is 0 Å². The average Bonchev–Trinajstić information content (AvgIpc) is 3.04. The summed E-state index contributed by atoms with van der Waals surface area (Å²) < 4.78 is 5.74. The van der Waals surface area contributed by atoms with E-state index in [9.17, 15) is 24.3 Å². The molecule has 0 aliphatic heterocycles. The molecule has 144 valence electrons. The van der Waals surface area contributed by atoms with Crippen molar-refractivity contribution >= 4 is 39.3 Å². The van der Waals surface area contributed by atoms with Gasteiger partial charge in [0.2, 0.25) is 0 Å². The number of benzene rings is 1. The molecule has 0 fully saturated rings. The van der Waals surface area contributed by atoms with Gasteiger partial charge in [-0.25, -0.2) is 9.78 Å². The number of esters is 1. The van der Waals surface area contributed by atoms with Crippen LogP contribution in [0, 0.1) is 6.92 Å². The normalized spacial score (nSPS) is 11.9. The summed E-state index contributed by atoms with van der Waals surface area (Å²) in [7, 11) is 1.19. The van der Waals surface area contributed by atoms with Gasteiger partial charge < -0.3 is 9.84 Å². The molecule has 0 amide bonds. The molecule has 2 heterocycles. The largest absolute Gasteiger partial charge is 0.477 e. The summed E-state index contributed by atoms with van der Waals surface area (Å²) in [5, 5.41) is 9.41. The van der Waals surface area contributed by atoms with Crippen LogP contribution >= 0.6 is 11.3 Å². The van der Waals surface area contributed by atoms with Crippen molar-refractivity contribution in [1.29, 1.82) is 0 Å². The van der Waals surface area contributed by atoms with Crippen LogP contribution < -0.4 is 5.56 Å². The molecule has 1 aromatic carbocycles. The third-order valence-corrected chi connectivity index (χ3v) is 5.54. The molecular formula is C19H16N2O6S. The first-order valence-electron chi connectivity index (χ1n) is 8.24. The number of carboxylic acid groups (broad SMARTS) is 1. The number of methoxy groups -OCH3 is 1. The lowest BCUT2D eigenvalue weighted by atomic mass is 10.0. The summed E-state index contributed by atoms with van der Waals surface area (Å²) >= 11 is 0.889. The zero-order valence-corrected chi connectivity index (χ0v) is 15.9. The Morgan fingerprint density at radius 2 is 1.93 bits per heavy atom. The van der Waals surface area contributed by atoms with Gasteiger partial charge in [0.05, 0.1) is 25.2 Å². The van der Waals surface area contributed by atoms with Crippen LogP contribution in [-0.4, -0.2) is 39.5 Å². The van der Waals surface area contributed by atoms with Crippen molar-refractivity contribution in [2.75, 3.05) is 7.11 Å². The Bertz CT molecular complexity index is 1130. The number of carbonyl (C=O) groups is 3. The zero-order chi connectivity index (χ0) is 20.4. The number of aryl methyl sites for hydroxylation is 1. The molecule has 1 atom stereocenters. The lowest BCUT2D eigenvalue weighted by Crippen LogP contribution is -2.32. The van der Waals surface area contributed by atoms with Crippen LogP contribution in [-0.2, 0) is 9.53 Å². The number of ketones is 1.